The minimum Gasteiger partial charge on any atom is -0.497 e. The van der Waals surface area contributed by atoms with E-state index in [0.717, 1.165) is 6.07 Å². The highest BCUT2D eigenvalue weighted by Gasteiger charge is 2.21. The maximum absolute atomic E-state index is 12.4. The van der Waals surface area contributed by atoms with Gasteiger partial charge >= 0.3 is 5.97 Å². The Labute approximate surface area is 187 Å². The van der Waals surface area contributed by atoms with E-state index in [0.29, 0.717) is 17.2 Å². The summed E-state index contributed by atoms with van der Waals surface area (Å²) in [5, 5.41) is 15.6. The molecule has 1 unspecified atom stereocenters. The van der Waals surface area contributed by atoms with Crippen LogP contribution >= 0.6 is 11.6 Å². The second kappa shape index (κ2) is 11.0. The molecule has 12 heteroatoms. The quantitative estimate of drug-likeness (QED) is 0.326. The summed E-state index contributed by atoms with van der Waals surface area (Å²) in [6, 6.07) is 8.24. The number of nitrogens with one attached hydrogen (secondary N) is 2. The largest absolute Gasteiger partial charge is 0.497 e. The molecule has 0 aliphatic heterocycles. The predicted octanol–water partition coefficient (Wildman–Crippen LogP) is 2.57. The molecule has 0 bridgehead atoms. The highest BCUT2D eigenvalue weighted by molar-refractivity contribution is 6.32. The predicted molar refractivity (Wildman–Crippen MR) is 114 cm³/mol. The number of benzene rings is 2. The third-order valence-electron chi connectivity index (χ3n) is 4.14. The van der Waals surface area contributed by atoms with Crippen molar-refractivity contribution < 1.29 is 33.5 Å². The number of amides is 2. The number of nitrogens with zero attached hydrogens (tertiary/aromatic N) is 1. The van der Waals surface area contributed by atoms with Gasteiger partial charge in [0.25, 0.3) is 17.5 Å². The van der Waals surface area contributed by atoms with E-state index in [2.05, 4.69) is 10.6 Å². The number of esters is 1. The molecule has 0 aliphatic carbocycles. The first-order valence-electron chi connectivity index (χ1n) is 9.10. The van der Waals surface area contributed by atoms with Crippen molar-refractivity contribution in [2.45, 2.75) is 13.0 Å². The molecule has 0 heterocycles. The molecule has 0 fully saturated rings. The minimum atomic E-state index is -1.19. The van der Waals surface area contributed by atoms with Crippen molar-refractivity contribution in [2.75, 3.05) is 26.1 Å². The number of nitro benzene ring substituents is 1. The topological polar surface area (TPSA) is 146 Å². The zero-order valence-corrected chi connectivity index (χ0v) is 18.1. The van der Waals surface area contributed by atoms with E-state index in [1.165, 1.54) is 39.3 Å². The second-order valence-electron chi connectivity index (χ2n) is 6.29. The van der Waals surface area contributed by atoms with E-state index in [4.69, 9.17) is 25.8 Å². The molecule has 0 spiro atoms. The Morgan fingerprint density at radius 2 is 1.84 bits per heavy atom. The molecule has 11 nitrogen and oxygen atoms in total. The highest BCUT2D eigenvalue weighted by atomic mass is 35.5. The van der Waals surface area contributed by atoms with Crippen LogP contribution in [0, 0.1) is 10.1 Å². The molecular weight excluding hydrogens is 446 g/mol. The van der Waals surface area contributed by atoms with Gasteiger partial charge in [-0.1, -0.05) is 11.6 Å². The van der Waals surface area contributed by atoms with Crippen LogP contribution in [0.3, 0.4) is 0 Å². The molecule has 2 aromatic rings. The molecular formula is C20H20ClN3O8. The number of nitro groups is 1. The van der Waals surface area contributed by atoms with Gasteiger partial charge in [0.15, 0.2) is 6.10 Å². The van der Waals surface area contributed by atoms with Crippen molar-refractivity contribution >= 4 is 40.8 Å². The highest BCUT2D eigenvalue weighted by Crippen LogP contribution is 2.29. The van der Waals surface area contributed by atoms with Crippen molar-refractivity contribution in [3.8, 4) is 11.5 Å². The smallest absolute Gasteiger partial charge is 0.326 e. The molecule has 0 saturated carbocycles. The van der Waals surface area contributed by atoms with Gasteiger partial charge in [0, 0.05) is 17.7 Å². The molecule has 1 atom stereocenters. The van der Waals surface area contributed by atoms with Crippen LogP contribution in [0.15, 0.2) is 36.4 Å². The molecule has 2 rings (SSSR count). The summed E-state index contributed by atoms with van der Waals surface area (Å²) in [4.78, 5) is 46.7. The van der Waals surface area contributed by atoms with Crippen LogP contribution in [-0.2, 0) is 14.3 Å². The summed E-state index contributed by atoms with van der Waals surface area (Å²) >= 11 is 5.70. The lowest BCUT2D eigenvalue weighted by molar-refractivity contribution is -0.384. The first-order valence-corrected chi connectivity index (χ1v) is 9.48. The Hall–Kier alpha value is -3.86. The average Bonchev–Trinajstić information content (AvgIpc) is 2.77. The van der Waals surface area contributed by atoms with Crippen molar-refractivity contribution in [1.82, 2.24) is 5.32 Å². The van der Waals surface area contributed by atoms with Gasteiger partial charge in [0.1, 0.15) is 23.1 Å². The molecule has 2 amide bonds. The number of rotatable bonds is 9. The lowest BCUT2D eigenvalue weighted by Gasteiger charge is -2.16. The third-order valence-corrected chi connectivity index (χ3v) is 4.46. The molecule has 0 saturated heterocycles. The van der Waals surface area contributed by atoms with Crippen LogP contribution in [0.4, 0.5) is 11.4 Å². The van der Waals surface area contributed by atoms with Crippen LogP contribution in [0.25, 0.3) is 0 Å². The Morgan fingerprint density at radius 1 is 1.12 bits per heavy atom. The first-order chi connectivity index (χ1) is 15.2. The van der Waals surface area contributed by atoms with Gasteiger partial charge in [-0.3, -0.25) is 24.5 Å². The standard InChI is InChI=1S/C20H20ClN3O8/c1-11(19(26)23-15-9-13(30-2)5-7-17(15)31-3)32-18(25)10-22-20(27)12-4-6-14(21)16(8-12)24(28)29/h4-9,11H,10H2,1-3H3,(H,22,27)(H,23,26). The van der Waals surface area contributed by atoms with E-state index in [9.17, 15) is 24.5 Å². The van der Waals surface area contributed by atoms with Crippen LogP contribution < -0.4 is 20.1 Å². The van der Waals surface area contributed by atoms with Gasteiger partial charge in [-0.2, -0.15) is 0 Å². The van der Waals surface area contributed by atoms with Crippen molar-refractivity contribution in [3.05, 3.63) is 57.1 Å². The maximum atomic E-state index is 12.4. The van der Waals surface area contributed by atoms with Gasteiger partial charge in [0.05, 0.1) is 24.8 Å². The maximum Gasteiger partial charge on any atom is 0.326 e. The molecule has 170 valence electrons. The van der Waals surface area contributed by atoms with Crippen molar-refractivity contribution in [2.24, 2.45) is 0 Å². The number of halogens is 1. The van der Waals surface area contributed by atoms with Crippen LogP contribution in [0.5, 0.6) is 11.5 Å². The summed E-state index contributed by atoms with van der Waals surface area (Å²) in [5.74, 6) is -1.41. The number of anilines is 1. The van der Waals surface area contributed by atoms with Gasteiger partial charge in [0.2, 0.25) is 0 Å². The first kappa shape index (κ1) is 24.4. The second-order valence-corrected chi connectivity index (χ2v) is 6.70. The fraction of sp³-hybridized carbons (Fsp3) is 0.250. The Bertz CT molecular complexity index is 1040. The molecule has 2 aromatic carbocycles. The van der Waals surface area contributed by atoms with Gasteiger partial charge in [-0.05, 0) is 31.2 Å². The average molecular weight is 466 g/mol. The van der Waals surface area contributed by atoms with Crippen LogP contribution in [-0.4, -0.2) is 49.6 Å². The van der Waals surface area contributed by atoms with E-state index in [-0.39, 0.29) is 10.6 Å². The minimum absolute atomic E-state index is 0.0650. The van der Waals surface area contributed by atoms with E-state index < -0.39 is 41.0 Å². The lowest BCUT2D eigenvalue weighted by atomic mass is 10.2. The van der Waals surface area contributed by atoms with Crippen molar-refractivity contribution in [3.63, 3.8) is 0 Å². The van der Waals surface area contributed by atoms with Gasteiger partial charge < -0.3 is 24.8 Å². The number of hydrogen-bond donors (Lipinski definition) is 2. The SMILES string of the molecule is COc1ccc(OC)c(NC(=O)C(C)OC(=O)CNC(=O)c2ccc(Cl)c([N+](=O)[O-])c2)c1. The Kier molecular flexibility index (Phi) is 8.36. The fourth-order valence-electron chi connectivity index (χ4n) is 2.49. The van der Waals surface area contributed by atoms with Crippen LogP contribution in [0.1, 0.15) is 17.3 Å². The van der Waals surface area contributed by atoms with Gasteiger partial charge in [-0.25, -0.2) is 0 Å². The van der Waals surface area contributed by atoms with E-state index in [1.807, 2.05) is 0 Å². The normalized spacial score (nSPS) is 11.1. The summed E-state index contributed by atoms with van der Waals surface area (Å²) in [6.07, 6.45) is -1.19. The Balaban J connectivity index is 1.93. The number of ether oxygens (including phenoxy) is 3. The van der Waals surface area contributed by atoms with Gasteiger partial charge in [-0.15, -0.1) is 0 Å². The zero-order valence-electron chi connectivity index (χ0n) is 17.3. The van der Waals surface area contributed by atoms with E-state index >= 15 is 0 Å². The molecule has 0 aliphatic rings. The molecule has 32 heavy (non-hydrogen) atoms. The molecule has 2 N–H and O–H groups in total. The molecule has 0 aromatic heterocycles. The summed E-state index contributed by atoms with van der Waals surface area (Å²) in [6.45, 7) is 0.791. The zero-order chi connectivity index (χ0) is 23.8. The summed E-state index contributed by atoms with van der Waals surface area (Å²) < 4.78 is 15.3. The summed E-state index contributed by atoms with van der Waals surface area (Å²) in [7, 11) is 2.90. The molecule has 0 radical (unpaired) electrons. The number of methoxy groups -OCH3 is 2. The lowest BCUT2D eigenvalue weighted by Crippen LogP contribution is -2.35. The number of carbonyl (C=O) groups excluding carboxylic acids is 3. The third kappa shape index (κ3) is 6.32. The monoisotopic (exact) mass is 465 g/mol. The number of hydrogen-bond acceptors (Lipinski definition) is 8. The fourth-order valence-corrected chi connectivity index (χ4v) is 2.67. The van der Waals surface area contributed by atoms with Crippen LogP contribution in [0.2, 0.25) is 5.02 Å². The van der Waals surface area contributed by atoms with E-state index in [1.54, 1.807) is 12.1 Å². The summed E-state index contributed by atoms with van der Waals surface area (Å²) in [5.41, 5.74) is -0.192. The Morgan fingerprint density at radius 3 is 2.47 bits per heavy atom. The van der Waals surface area contributed by atoms with Crippen molar-refractivity contribution in [1.29, 1.82) is 0 Å². The number of carbonyl (C=O) groups is 3.